The summed E-state index contributed by atoms with van der Waals surface area (Å²) in [5.74, 6) is 3.70. The fourth-order valence-electron chi connectivity index (χ4n) is 3.87. The Bertz CT molecular complexity index is 460. The van der Waals surface area contributed by atoms with Crippen molar-refractivity contribution in [3.05, 3.63) is 28.2 Å². The van der Waals surface area contributed by atoms with Crippen LogP contribution in [0, 0.1) is 17.8 Å². The maximum absolute atomic E-state index is 5.55. The summed E-state index contributed by atoms with van der Waals surface area (Å²) in [4.78, 5) is 0.479. The standard InChI is InChI=1S/C16H20Br2O/c1-2-19-12-5-6-13(15(17)9-12)16(18)14-8-10-3-4-11(14)7-10/h5-6,9-11,14,16H,2-4,7-8H2,1H3. The van der Waals surface area contributed by atoms with Crippen molar-refractivity contribution >= 4 is 31.9 Å². The molecule has 3 rings (SSSR count). The summed E-state index contributed by atoms with van der Waals surface area (Å²) in [7, 11) is 0. The van der Waals surface area contributed by atoms with Gasteiger partial charge < -0.3 is 4.74 Å². The lowest BCUT2D eigenvalue weighted by Gasteiger charge is -2.27. The average molecular weight is 388 g/mol. The first-order chi connectivity index (χ1) is 9.19. The van der Waals surface area contributed by atoms with E-state index in [1.807, 2.05) is 6.92 Å². The molecule has 0 amide bonds. The molecule has 1 aromatic rings. The highest BCUT2D eigenvalue weighted by Crippen LogP contribution is 2.55. The van der Waals surface area contributed by atoms with E-state index in [0.717, 1.165) is 30.1 Å². The number of halogens is 2. The smallest absolute Gasteiger partial charge is 0.120 e. The van der Waals surface area contributed by atoms with Gasteiger partial charge in [-0.05, 0) is 61.6 Å². The van der Waals surface area contributed by atoms with Crippen molar-refractivity contribution in [3.8, 4) is 5.75 Å². The maximum Gasteiger partial charge on any atom is 0.120 e. The highest BCUT2D eigenvalue weighted by molar-refractivity contribution is 9.11. The van der Waals surface area contributed by atoms with Gasteiger partial charge in [0.15, 0.2) is 0 Å². The Hall–Kier alpha value is -0.0200. The molecule has 2 bridgehead atoms. The van der Waals surface area contributed by atoms with Crippen molar-refractivity contribution in [1.29, 1.82) is 0 Å². The SMILES string of the molecule is CCOc1ccc(C(Br)C2CC3CCC2C3)c(Br)c1. The van der Waals surface area contributed by atoms with E-state index in [4.69, 9.17) is 4.74 Å². The molecule has 0 heterocycles. The van der Waals surface area contributed by atoms with Gasteiger partial charge in [0.05, 0.1) is 6.61 Å². The van der Waals surface area contributed by atoms with Crippen LogP contribution in [0.25, 0.3) is 0 Å². The molecule has 4 unspecified atom stereocenters. The quantitative estimate of drug-likeness (QED) is 0.600. The van der Waals surface area contributed by atoms with Crippen molar-refractivity contribution in [2.75, 3.05) is 6.61 Å². The maximum atomic E-state index is 5.55. The lowest BCUT2D eigenvalue weighted by Crippen LogP contribution is -2.15. The Kier molecular flexibility index (Phi) is 4.23. The monoisotopic (exact) mass is 386 g/mol. The number of hydrogen-bond donors (Lipinski definition) is 0. The summed E-state index contributed by atoms with van der Waals surface area (Å²) < 4.78 is 6.72. The van der Waals surface area contributed by atoms with Crippen LogP contribution < -0.4 is 4.74 Å². The first kappa shape index (κ1) is 13.9. The minimum absolute atomic E-state index is 0.479. The second kappa shape index (κ2) is 5.77. The van der Waals surface area contributed by atoms with Crippen LogP contribution in [0.4, 0.5) is 0 Å². The molecule has 4 atom stereocenters. The van der Waals surface area contributed by atoms with E-state index < -0.39 is 0 Å². The second-order valence-corrected chi connectivity index (χ2v) is 7.70. The van der Waals surface area contributed by atoms with Gasteiger partial charge in [-0.25, -0.2) is 0 Å². The summed E-state index contributed by atoms with van der Waals surface area (Å²) in [6, 6.07) is 6.39. The Labute approximate surface area is 132 Å². The van der Waals surface area contributed by atoms with Gasteiger partial charge in [-0.3, -0.25) is 0 Å². The first-order valence-electron chi connectivity index (χ1n) is 7.25. The van der Waals surface area contributed by atoms with Crippen LogP contribution in [0.15, 0.2) is 22.7 Å². The molecule has 1 nitrogen and oxygen atoms in total. The van der Waals surface area contributed by atoms with Crippen LogP contribution in [0.1, 0.15) is 43.0 Å². The number of benzene rings is 1. The summed E-state index contributed by atoms with van der Waals surface area (Å²) in [5, 5.41) is 0. The Morgan fingerprint density at radius 1 is 1.32 bits per heavy atom. The number of alkyl halides is 1. The van der Waals surface area contributed by atoms with Gasteiger partial charge in [-0.1, -0.05) is 44.3 Å². The van der Waals surface area contributed by atoms with E-state index in [9.17, 15) is 0 Å². The molecule has 0 spiro atoms. The predicted octanol–water partition coefficient (Wildman–Crippen LogP) is 5.72. The van der Waals surface area contributed by atoms with Crippen molar-refractivity contribution in [2.45, 2.75) is 37.4 Å². The third kappa shape index (κ3) is 2.73. The van der Waals surface area contributed by atoms with Crippen LogP contribution in [0.5, 0.6) is 5.75 Å². The van der Waals surface area contributed by atoms with Crippen molar-refractivity contribution in [3.63, 3.8) is 0 Å². The Balaban J connectivity index is 1.78. The van der Waals surface area contributed by atoms with Gasteiger partial charge >= 0.3 is 0 Å². The summed E-state index contributed by atoms with van der Waals surface area (Å²) in [6.45, 7) is 2.74. The fraction of sp³-hybridized carbons (Fsp3) is 0.625. The molecular weight excluding hydrogens is 368 g/mol. The molecule has 0 radical (unpaired) electrons. The van der Waals surface area contributed by atoms with Gasteiger partial charge in [0.1, 0.15) is 5.75 Å². The molecule has 19 heavy (non-hydrogen) atoms. The van der Waals surface area contributed by atoms with E-state index in [2.05, 4.69) is 50.1 Å². The van der Waals surface area contributed by atoms with Crippen molar-refractivity contribution < 1.29 is 4.74 Å². The second-order valence-electron chi connectivity index (χ2n) is 5.86. The zero-order chi connectivity index (χ0) is 13.4. The Morgan fingerprint density at radius 2 is 2.16 bits per heavy atom. The molecule has 3 heteroatoms. The molecule has 2 aliphatic carbocycles. The molecule has 0 saturated heterocycles. The molecule has 0 aromatic heterocycles. The zero-order valence-corrected chi connectivity index (χ0v) is 14.4. The molecule has 0 N–H and O–H groups in total. The molecule has 2 fully saturated rings. The van der Waals surface area contributed by atoms with E-state index in [-0.39, 0.29) is 0 Å². The van der Waals surface area contributed by atoms with E-state index in [1.165, 1.54) is 35.7 Å². The van der Waals surface area contributed by atoms with Gasteiger partial charge in [0.2, 0.25) is 0 Å². The third-order valence-electron chi connectivity index (χ3n) is 4.75. The van der Waals surface area contributed by atoms with Crippen molar-refractivity contribution in [2.24, 2.45) is 17.8 Å². The van der Waals surface area contributed by atoms with Crippen LogP contribution in [0.3, 0.4) is 0 Å². The van der Waals surface area contributed by atoms with Gasteiger partial charge in [-0.2, -0.15) is 0 Å². The number of hydrogen-bond acceptors (Lipinski definition) is 1. The fourth-order valence-corrected chi connectivity index (χ4v) is 5.83. The summed E-state index contributed by atoms with van der Waals surface area (Å²) in [6.07, 6.45) is 5.76. The largest absolute Gasteiger partial charge is 0.494 e. The molecule has 2 saturated carbocycles. The number of ether oxygens (including phenoxy) is 1. The number of fused-ring (bicyclic) bond motifs is 2. The van der Waals surface area contributed by atoms with Crippen molar-refractivity contribution in [1.82, 2.24) is 0 Å². The summed E-state index contributed by atoms with van der Waals surface area (Å²) in [5.41, 5.74) is 1.38. The summed E-state index contributed by atoms with van der Waals surface area (Å²) >= 11 is 7.67. The van der Waals surface area contributed by atoms with Gasteiger partial charge in [0.25, 0.3) is 0 Å². The highest BCUT2D eigenvalue weighted by Gasteiger charge is 2.43. The highest BCUT2D eigenvalue weighted by atomic mass is 79.9. The average Bonchev–Trinajstić information content (AvgIpc) is 3.01. The Morgan fingerprint density at radius 3 is 2.74 bits per heavy atom. The van der Waals surface area contributed by atoms with Gasteiger partial charge in [-0.15, -0.1) is 0 Å². The number of rotatable bonds is 4. The first-order valence-corrected chi connectivity index (χ1v) is 8.96. The molecule has 2 aliphatic rings. The zero-order valence-electron chi connectivity index (χ0n) is 11.2. The van der Waals surface area contributed by atoms with Gasteiger partial charge in [0, 0.05) is 9.30 Å². The minimum atomic E-state index is 0.479. The molecule has 1 aromatic carbocycles. The molecule has 0 aliphatic heterocycles. The molecule has 104 valence electrons. The normalized spacial score (nSPS) is 30.6. The van der Waals surface area contributed by atoms with E-state index in [0.29, 0.717) is 4.83 Å². The van der Waals surface area contributed by atoms with Crippen LogP contribution >= 0.6 is 31.9 Å². The molecular formula is C16H20Br2O. The van der Waals surface area contributed by atoms with Crippen LogP contribution in [0.2, 0.25) is 0 Å². The minimum Gasteiger partial charge on any atom is -0.494 e. The lowest BCUT2D eigenvalue weighted by atomic mass is 9.84. The topological polar surface area (TPSA) is 9.23 Å². The van der Waals surface area contributed by atoms with Crippen LogP contribution in [-0.2, 0) is 0 Å². The third-order valence-corrected chi connectivity index (χ3v) is 6.61. The predicted molar refractivity (Wildman–Crippen MR) is 85.9 cm³/mol. The van der Waals surface area contributed by atoms with E-state index in [1.54, 1.807) is 0 Å². The lowest BCUT2D eigenvalue weighted by molar-refractivity contribution is 0.328. The van der Waals surface area contributed by atoms with Crippen LogP contribution in [-0.4, -0.2) is 6.61 Å². The van der Waals surface area contributed by atoms with E-state index >= 15 is 0 Å².